The summed E-state index contributed by atoms with van der Waals surface area (Å²) in [5, 5.41) is 11.0. The minimum atomic E-state index is -4.14. The number of ether oxygens (including phenoxy) is 3. The molecule has 0 radical (unpaired) electrons. The predicted octanol–water partition coefficient (Wildman–Crippen LogP) is 2.85. The van der Waals surface area contributed by atoms with Gasteiger partial charge in [0.15, 0.2) is 11.5 Å². The Morgan fingerprint density at radius 3 is 2.45 bits per heavy atom. The molecule has 3 aromatic rings. The number of aliphatic hydroxyl groups is 1. The van der Waals surface area contributed by atoms with Crippen molar-refractivity contribution >= 4 is 16.0 Å². The van der Waals surface area contributed by atoms with Crippen LogP contribution in [0.3, 0.4) is 0 Å². The van der Waals surface area contributed by atoms with Crippen LogP contribution in [-0.4, -0.2) is 32.3 Å². The van der Waals surface area contributed by atoms with Gasteiger partial charge in [-0.3, -0.25) is 4.79 Å². The fourth-order valence-electron chi connectivity index (χ4n) is 3.30. The van der Waals surface area contributed by atoms with Gasteiger partial charge in [0.05, 0.1) is 4.90 Å². The van der Waals surface area contributed by atoms with Crippen molar-refractivity contribution in [1.82, 2.24) is 4.72 Å². The van der Waals surface area contributed by atoms with Crippen LogP contribution in [0.5, 0.6) is 11.5 Å². The first-order valence-corrected chi connectivity index (χ1v) is 11.7. The molecular formula is C24H23NO7S. The molecule has 0 aliphatic carbocycles. The maximum atomic E-state index is 13.0. The summed E-state index contributed by atoms with van der Waals surface area (Å²) in [6.45, 7) is 1.80. The van der Waals surface area contributed by atoms with Gasteiger partial charge in [-0.1, -0.05) is 54.1 Å². The summed E-state index contributed by atoms with van der Waals surface area (Å²) in [5.41, 5.74) is 1.88. The van der Waals surface area contributed by atoms with Crippen LogP contribution in [0, 0.1) is 6.92 Å². The Hall–Kier alpha value is -3.40. The van der Waals surface area contributed by atoms with Crippen LogP contribution in [0.1, 0.15) is 22.8 Å². The van der Waals surface area contributed by atoms with Gasteiger partial charge in [-0.25, -0.2) is 8.42 Å². The molecule has 0 saturated heterocycles. The van der Waals surface area contributed by atoms with Gasteiger partial charge in [-0.2, -0.15) is 4.72 Å². The smallest absolute Gasteiger partial charge is 0.327 e. The van der Waals surface area contributed by atoms with Crippen molar-refractivity contribution in [2.45, 2.75) is 30.6 Å². The number of hydrogen-bond donors (Lipinski definition) is 2. The summed E-state index contributed by atoms with van der Waals surface area (Å²) < 4.78 is 44.2. The van der Waals surface area contributed by atoms with Crippen LogP contribution < -0.4 is 14.2 Å². The molecule has 2 N–H and O–H groups in total. The van der Waals surface area contributed by atoms with Crippen molar-refractivity contribution in [3.63, 3.8) is 0 Å². The standard InChI is InChI=1S/C24H23NO7S/c1-16-7-10-19(11-8-16)33(28,29)25-22(24(27)30-14-17-5-3-2-4-6-17)23(26)18-9-12-20-21(13-18)32-15-31-20/h2-13,22-23,25-26H,14-15H2,1H3. The SMILES string of the molecule is Cc1ccc(S(=O)(=O)NC(C(=O)OCc2ccccc2)C(O)c2ccc3c(c2)OCO3)cc1. The fourth-order valence-corrected chi connectivity index (χ4v) is 4.49. The number of carbonyl (C=O) groups is 1. The topological polar surface area (TPSA) is 111 Å². The fraction of sp³-hybridized carbons (Fsp3) is 0.208. The first kappa shape index (κ1) is 22.8. The zero-order valence-electron chi connectivity index (χ0n) is 17.8. The van der Waals surface area contributed by atoms with E-state index in [1.54, 1.807) is 42.5 Å². The highest BCUT2D eigenvalue weighted by molar-refractivity contribution is 7.89. The van der Waals surface area contributed by atoms with Gasteiger partial charge in [0.2, 0.25) is 16.8 Å². The van der Waals surface area contributed by atoms with Crippen molar-refractivity contribution in [2.24, 2.45) is 0 Å². The second kappa shape index (κ2) is 9.62. The highest BCUT2D eigenvalue weighted by Crippen LogP contribution is 2.35. The summed E-state index contributed by atoms with van der Waals surface area (Å²) in [7, 11) is -4.14. The average Bonchev–Trinajstić information content (AvgIpc) is 3.29. The molecule has 1 aliphatic heterocycles. The zero-order valence-corrected chi connectivity index (χ0v) is 18.6. The first-order chi connectivity index (χ1) is 15.8. The van der Waals surface area contributed by atoms with Gasteiger partial charge >= 0.3 is 5.97 Å². The highest BCUT2D eigenvalue weighted by Gasteiger charge is 2.35. The van der Waals surface area contributed by atoms with E-state index in [9.17, 15) is 18.3 Å². The Morgan fingerprint density at radius 2 is 1.73 bits per heavy atom. The number of aryl methyl sites for hydroxylation is 1. The maximum Gasteiger partial charge on any atom is 0.327 e. The van der Waals surface area contributed by atoms with Crippen LogP contribution in [0.25, 0.3) is 0 Å². The number of aliphatic hydroxyl groups excluding tert-OH is 1. The molecule has 0 aromatic heterocycles. The lowest BCUT2D eigenvalue weighted by atomic mass is 10.0. The third-order valence-electron chi connectivity index (χ3n) is 5.15. The molecule has 33 heavy (non-hydrogen) atoms. The lowest BCUT2D eigenvalue weighted by Crippen LogP contribution is -2.45. The molecule has 0 amide bonds. The summed E-state index contributed by atoms with van der Waals surface area (Å²) in [6, 6.07) is 18.1. The van der Waals surface area contributed by atoms with Crippen LogP contribution in [-0.2, 0) is 26.2 Å². The Bertz CT molecular complexity index is 1230. The lowest BCUT2D eigenvalue weighted by Gasteiger charge is -2.23. The molecule has 2 atom stereocenters. The van der Waals surface area contributed by atoms with Gasteiger partial charge < -0.3 is 19.3 Å². The quantitative estimate of drug-likeness (QED) is 0.488. The Morgan fingerprint density at radius 1 is 1.03 bits per heavy atom. The molecule has 8 nitrogen and oxygen atoms in total. The second-order valence-corrected chi connectivity index (χ2v) is 9.28. The summed E-state index contributed by atoms with van der Waals surface area (Å²) in [6.07, 6.45) is -1.54. The Balaban J connectivity index is 1.60. The molecule has 0 fully saturated rings. The van der Waals surface area contributed by atoms with Gasteiger partial charge in [0.25, 0.3) is 0 Å². The largest absolute Gasteiger partial charge is 0.460 e. The number of sulfonamides is 1. The molecule has 9 heteroatoms. The van der Waals surface area contributed by atoms with Crippen molar-refractivity contribution < 1.29 is 32.5 Å². The van der Waals surface area contributed by atoms with E-state index < -0.39 is 28.1 Å². The predicted molar refractivity (Wildman–Crippen MR) is 119 cm³/mol. The molecular weight excluding hydrogens is 446 g/mol. The molecule has 2 unspecified atom stereocenters. The van der Waals surface area contributed by atoms with E-state index in [0.717, 1.165) is 11.1 Å². The monoisotopic (exact) mass is 469 g/mol. The molecule has 172 valence electrons. The van der Waals surface area contributed by atoms with Crippen molar-refractivity contribution in [2.75, 3.05) is 6.79 Å². The molecule has 4 rings (SSSR count). The highest BCUT2D eigenvalue weighted by atomic mass is 32.2. The number of fused-ring (bicyclic) bond motifs is 1. The number of nitrogens with one attached hydrogen (secondary N) is 1. The molecule has 1 heterocycles. The maximum absolute atomic E-state index is 13.0. The van der Waals surface area contributed by atoms with Crippen LogP contribution >= 0.6 is 0 Å². The zero-order chi connectivity index (χ0) is 23.4. The second-order valence-electron chi connectivity index (χ2n) is 7.56. The van der Waals surface area contributed by atoms with E-state index >= 15 is 0 Å². The van der Waals surface area contributed by atoms with E-state index in [-0.39, 0.29) is 23.9 Å². The van der Waals surface area contributed by atoms with Crippen LogP contribution in [0.15, 0.2) is 77.7 Å². The average molecular weight is 470 g/mol. The normalized spacial score (nSPS) is 14.5. The van der Waals surface area contributed by atoms with E-state index in [4.69, 9.17) is 14.2 Å². The molecule has 0 bridgehead atoms. The van der Waals surface area contributed by atoms with E-state index in [1.165, 1.54) is 24.3 Å². The minimum Gasteiger partial charge on any atom is -0.460 e. The van der Waals surface area contributed by atoms with E-state index in [0.29, 0.717) is 11.5 Å². The Kier molecular flexibility index (Phi) is 6.64. The molecule has 0 spiro atoms. The van der Waals surface area contributed by atoms with Crippen molar-refractivity contribution in [1.29, 1.82) is 0 Å². The van der Waals surface area contributed by atoms with E-state index in [1.807, 2.05) is 13.0 Å². The minimum absolute atomic E-state index is 0.0353. The number of benzene rings is 3. The van der Waals surface area contributed by atoms with Crippen LogP contribution in [0.2, 0.25) is 0 Å². The third kappa shape index (κ3) is 5.33. The summed E-state index contributed by atoms with van der Waals surface area (Å²) in [4.78, 5) is 12.9. The first-order valence-electron chi connectivity index (χ1n) is 10.2. The van der Waals surface area contributed by atoms with Crippen LogP contribution in [0.4, 0.5) is 0 Å². The van der Waals surface area contributed by atoms with Crippen molar-refractivity contribution in [3.05, 3.63) is 89.5 Å². The summed E-state index contributed by atoms with van der Waals surface area (Å²) in [5.74, 6) is -0.0292. The number of rotatable bonds is 8. The van der Waals surface area contributed by atoms with Crippen molar-refractivity contribution in [3.8, 4) is 11.5 Å². The molecule has 0 saturated carbocycles. The van der Waals surface area contributed by atoms with E-state index in [2.05, 4.69) is 4.72 Å². The molecule has 1 aliphatic rings. The van der Waals surface area contributed by atoms with Gasteiger partial charge in [-0.15, -0.1) is 0 Å². The van der Waals surface area contributed by atoms with Gasteiger partial charge in [-0.05, 0) is 42.3 Å². The van der Waals surface area contributed by atoms with Gasteiger partial charge in [0, 0.05) is 0 Å². The lowest BCUT2D eigenvalue weighted by molar-refractivity contribution is -0.150. The number of esters is 1. The number of hydrogen-bond acceptors (Lipinski definition) is 7. The Labute approximate surface area is 191 Å². The number of carbonyl (C=O) groups excluding carboxylic acids is 1. The summed E-state index contributed by atoms with van der Waals surface area (Å²) >= 11 is 0. The molecule has 3 aromatic carbocycles. The van der Waals surface area contributed by atoms with Gasteiger partial charge in [0.1, 0.15) is 18.8 Å². The third-order valence-corrected chi connectivity index (χ3v) is 6.60.